The Bertz CT molecular complexity index is 274. The summed E-state index contributed by atoms with van der Waals surface area (Å²) in [5, 5.41) is 7.14. The molecule has 1 rings (SSSR count). The molecule has 0 bridgehead atoms. The van der Waals surface area contributed by atoms with Gasteiger partial charge in [-0.05, 0) is 13.8 Å². The number of nitrogens with two attached hydrogens (primary N) is 1. The van der Waals surface area contributed by atoms with E-state index in [1.54, 1.807) is 12.5 Å². The molecule has 0 aliphatic rings. The second-order valence-corrected chi connectivity index (χ2v) is 3.09. The van der Waals surface area contributed by atoms with Crippen LogP contribution in [0.1, 0.15) is 25.6 Å². The predicted molar refractivity (Wildman–Crippen MR) is 48.2 cm³/mol. The second kappa shape index (κ2) is 3.38. The van der Waals surface area contributed by atoms with Crippen molar-refractivity contribution < 1.29 is 0 Å². The lowest BCUT2D eigenvalue weighted by Crippen LogP contribution is -2.16. The highest BCUT2D eigenvalue weighted by atomic mass is 15.1. The van der Waals surface area contributed by atoms with Crippen LogP contribution in [0.25, 0.3) is 0 Å². The normalized spacial score (nSPS) is 10.6. The van der Waals surface area contributed by atoms with Gasteiger partial charge in [0.1, 0.15) is 0 Å². The molecule has 0 amide bonds. The Balaban J connectivity index is 2.84. The molecular weight excluding hydrogens is 152 g/mol. The molecule has 66 valence electrons. The van der Waals surface area contributed by atoms with Gasteiger partial charge in [0.05, 0.1) is 12.2 Å². The van der Waals surface area contributed by atoms with Crippen LogP contribution in [0.2, 0.25) is 0 Å². The highest BCUT2D eigenvalue weighted by Crippen LogP contribution is 2.08. The minimum absolute atomic E-state index is 0.178. The highest BCUT2D eigenvalue weighted by molar-refractivity contribution is 5.78. The number of nitrogens with one attached hydrogen (secondary N) is 1. The molecule has 1 aromatic heterocycles. The van der Waals surface area contributed by atoms with Crippen LogP contribution in [-0.2, 0) is 6.42 Å². The maximum atomic E-state index is 7.14. The van der Waals surface area contributed by atoms with Crippen molar-refractivity contribution in [2.45, 2.75) is 26.3 Å². The van der Waals surface area contributed by atoms with Crippen LogP contribution in [0.4, 0.5) is 0 Å². The van der Waals surface area contributed by atoms with E-state index in [9.17, 15) is 0 Å². The van der Waals surface area contributed by atoms with E-state index in [2.05, 4.69) is 18.8 Å². The van der Waals surface area contributed by atoms with Crippen molar-refractivity contribution >= 4 is 5.84 Å². The largest absolute Gasteiger partial charge is 0.387 e. The Morgan fingerprint density at radius 2 is 2.42 bits per heavy atom. The number of nitrogens with zero attached hydrogens (tertiary/aromatic N) is 2. The van der Waals surface area contributed by atoms with Gasteiger partial charge in [-0.2, -0.15) is 0 Å². The van der Waals surface area contributed by atoms with E-state index in [1.807, 2.05) is 4.57 Å². The molecule has 0 spiro atoms. The minimum Gasteiger partial charge on any atom is -0.387 e. The molecule has 0 atom stereocenters. The fourth-order valence-electron chi connectivity index (χ4n) is 1.13. The highest BCUT2D eigenvalue weighted by Gasteiger charge is 2.05. The molecule has 0 unspecified atom stereocenters. The monoisotopic (exact) mass is 166 g/mol. The van der Waals surface area contributed by atoms with Crippen LogP contribution < -0.4 is 5.73 Å². The Labute approximate surface area is 71.9 Å². The summed E-state index contributed by atoms with van der Waals surface area (Å²) in [5.41, 5.74) is 6.29. The summed E-state index contributed by atoms with van der Waals surface area (Å²) >= 11 is 0. The zero-order chi connectivity index (χ0) is 9.14. The molecule has 0 saturated carbocycles. The smallest absolute Gasteiger partial charge is 0.0965 e. The summed E-state index contributed by atoms with van der Waals surface area (Å²) in [4.78, 5) is 4.01. The summed E-state index contributed by atoms with van der Waals surface area (Å²) in [7, 11) is 0. The van der Waals surface area contributed by atoms with Crippen molar-refractivity contribution in [2.24, 2.45) is 5.73 Å². The van der Waals surface area contributed by atoms with E-state index in [0.29, 0.717) is 12.5 Å². The van der Waals surface area contributed by atoms with Crippen molar-refractivity contribution in [2.75, 3.05) is 0 Å². The third-order valence-corrected chi connectivity index (χ3v) is 1.67. The Morgan fingerprint density at radius 1 is 1.75 bits per heavy atom. The van der Waals surface area contributed by atoms with E-state index in [4.69, 9.17) is 11.1 Å². The number of hydrogen-bond donors (Lipinski definition) is 2. The lowest BCUT2D eigenvalue weighted by atomic mass is 10.3. The molecule has 4 nitrogen and oxygen atoms in total. The molecule has 1 heterocycles. The fraction of sp³-hybridized carbons (Fsp3) is 0.500. The lowest BCUT2D eigenvalue weighted by Gasteiger charge is -2.10. The van der Waals surface area contributed by atoms with Gasteiger partial charge in [-0.3, -0.25) is 5.41 Å². The predicted octanol–water partition coefficient (Wildman–Crippen LogP) is 0.942. The van der Waals surface area contributed by atoms with Gasteiger partial charge in [-0.15, -0.1) is 0 Å². The zero-order valence-electron chi connectivity index (χ0n) is 7.41. The van der Waals surface area contributed by atoms with E-state index in [-0.39, 0.29) is 5.84 Å². The molecule has 0 fully saturated rings. The Morgan fingerprint density at radius 3 is 2.92 bits per heavy atom. The molecule has 1 aromatic rings. The molecule has 0 aliphatic carbocycles. The molecular formula is C8H14N4. The topological polar surface area (TPSA) is 67.7 Å². The van der Waals surface area contributed by atoms with Gasteiger partial charge in [0.25, 0.3) is 0 Å². The standard InChI is InChI=1S/C8H14N4/c1-6(2)12-5-11-4-7(12)3-8(9)10/h4-6H,3H2,1-2H3,(H3,9,10). The van der Waals surface area contributed by atoms with Crippen LogP contribution in [-0.4, -0.2) is 15.4 Å². The maximum absolute atomic E-state index is 7.14. The first kappa shape index (κ1) is 8.77. The van der Waals surface area contributed by atoms with Gasteiger partial charge in [-0.25, -0.2) is 4.98 Å². The van der Waals surface area contributed by atoms with Crippen LogP contribution >= 0.6 is 0 Å². The molecule has 3 N–H and O–H groups in total. The van der Waals surface area contributed by atoms with Gasteiger partial charge in [0.2, 0.25) is 0 Å². The van der Waals surface area contributed by atoms with Crippen molar-refractivity contribution in [3.63, 3.8) is 0 Å². The lowest BCUT2D eigenvalue weighted by molar-refractivity contribution is 0.581. The zero-order valence-corrected chi connectivity index (χ0v) is 7.41. The Kier molecular flexibility index (Phi) is 2.47. The summed E-state index contributed by atoms with van der Waals surface area (Å²) in [6, 6.07) is 0.377. The number of hydrogen-bond acceptors (Lipinski definition) is 2. The molecule has 4 heteroatoms. The average molecular weight is 166 g/mol. The first-order chi connectivity index (χ1) is 5.61. The number of aromatic nitrogens is 2. The molecule has 0 aliphatic heterocycles. The van der Waals surface area contributed by atoms with E-state index in [0.717, 1.165) is 5.69 Å². The quantitative estimate of drug-likeness (QED) is 0.518. The first-order valence-corrected chi connectivity index (χ1v) is 3.95. The molecule has 12 heavy (non-hydrogen) atoms. The number of imidazole rings is 1. The van der Waals surface area contributed by atoms with E-state index >= 15 is 0 Å². The van der Waals surface area contributed by atoms with Crippen LogP contribution in [0.3, 0.4) is 0 Å². The van der Waals surface area contributed by atoms with Gasteiger partial charge >= 0.3 is 0 Å². The first-order valence-electron chi connectivity index (χ1n) is 3.95. The number of amidine groups is 1. The van der Waals surface area contributed by atoms with Crippen LogP contribution in [0, 0.1) is 5.41 Å². The van der Waals surface area contributed by atoms with Crippen molar-refractivity contribution in [1.82, 2.24) is 9.55 Å². The van der Waals surface area contributed by atoms with Crippen LogP contribution in [0.5, 0.6) is 0 Å². The second-order valence-electron chi connectivity index (χ2n) is 3.09. The van der Waals surface area contributed by atoms with Crippen molar-refractivity contribution in [3.05, 3.63) is 18.2 Å². The summed E-state index contributed by atoms with van der Waals surface area (Å²) < 4.78 is 2.02. The minimum atomic E-state index is 0.178. The summed E-state index contributed by atoms with van der Waals surface area (Å²) in [5.74, 6) is 0.178. The molecule has 0 radical (unpaired) electrons. The third-order valence-electron chi connectivity index (χ3n) is 1.67. The molecule has 0 saturated heterocycles. The fourth-order valence-corrected chi connectivity index (χ4v) is 1.13. The van der Waals surface area contributed by atoms with E-state index in [1.165, 1.54) is 0 Å². The summed E-state index contributed by atoms with van der Waals surface area (Å²) in [6.45, 7) is 4.15. The van der Waals surface area contributed by atoms with Crippen molar-refractivity contribution in [3.8, 4) is 0 Å². The van der Waals surface area contributed by atoms with Crippen LogP contribution in [0.15, 0.2) is 12.5 Å². The maximum Gasteiger partial charge on any atom is 0.0965 e. The van der Waals surface area contributed by atoms with Gasteiger partial charge in [0, 0.05) is 24.4 Å². The van der Waals surface area contributed by atoms with Gasteiger partial charge in [-0.1, -0.05) is 0 Å². The number of rotatable bonds is 3. The Hall–Kier alpha value is -1.32. The van der Waals surface area contributed by atoms with Gasteiger partial charge in [0.15, 0.2) is 0 Å². The van der Waals surface area contributed by atoms with Gasteiger partial charge < -0.3 is 10.3 Å². The average Bonchev–Trinajstić information content (AvgIpc) is 2.33. The van der Waals surface area contributed by atoms with Crippen molar-refractivity contribution in [1.29, 1.82) is 5.41 Å². The molecule has 0 aromatic carbocycles. The summed E-state index contributed by atoms with van der Waals surface area (Å²) in [6.07, 6.45) is 4.00. The van der Waals surface area contributed by atoms with E-state index < -0.39 is 0 Å². The third kappa shape index (κ3) is 1.84. The SMILES string of the molecule is CC(C)n1cncc1CC(=N)N.